The number of benzene rings is 2. The number of alkyl halides is 1. The van der Waals surface area contributed by atoms with Gasteiger partial charge in [-0.25, -0.2) is 4.79 Å². The summed E-state index contributed by atoms with van der Waals surface area (Å²) in [6, 6.07) is 11.2. The Labute approximate surface area is 185 Å². The highest BCUT2D eigenvalue weighted by Gasteiger charge is 2.19. The summed E-state index contributed by atoms with van der Waals surface area (Å²) in [6.45, 7) is 0. The summed E-state index contributed by atoms with van der Waals surface area (Å²) in [4.78, 5) is 26.1. The monoisotopic (exact) mass is 462 g/mol. The fraction of sp³-hybridized carbons (Fsp3) is 0.143. The summed E-state index contributed by atoms with van der Waals surface area (Å²) in [5.41, 5.74) is 2.20. The first-order chi connectivity index (χ1) is 14.4. The van der Waals surface area contributed by atoms with Gasteiger partial charge in [-0.3, -0.25) is 4.79 Å². The molecular formula is C21H16Cl2N2O4S. The molecule has 9 heteroatoms. The van der Waals surface area contributed by atoms with Crippen molar-refractivity contribution in [3.05, 3.63) is 62.7 Å². The summed E-state index contributed by atoms with van der Waals surface area (Å²) in [6.07, 6.45) is -0.827. The van der Waals surface area contributed by atoms with Crippen molar-refractivity contribution in [3.8, 4) is 16.9 Å². The second-order valence-corrected chi connectivity index (χ2v) is 8.47. The molecule has 2 aromatic carbocycles. The number of hydrogen-bond donors (Lipinski definition) is 3. The van der Waals surface area contributed by atoms with E-state index in [0.717, 1.165) is 27.5 Å². The number of fused-ring (bicyclic) bond motifs is 3. The quantitative estimate of drug-likeness (QED) is 0.271. The van der Waals surface area contributed by atoms with Crippen molar-refractivity contribution >= 4 is 61.6 Å². The maximum Gasteiger partial charge on any atom is 0.405 e. The van der Waals surface area contributed by atoms with Gasteiger partial charge in [0, 0.05) is 28.8 Å². The number of methoxy groups -OCH3 is 1. The molecule has 4 aromatic rings. The lowest BCUT2D eigenvalue weighted by atomic mass is 9.96. The van der Waals surface area contributed by atoms with E-state index < -0.39 is 11.6 Å². The lowest BCUT2D eigenvalue weighted by Crippen LogP contribution is -2.30. The highest BCUT2D eigenvalue weighted by Crippen LogP contribution is 2.43. The van der Waals surface area contributed by atoms with Gasteiger partial charge in [0.15, 0.2) is 0 Å². The maximum atomic E-state index is 12.4. The van der Waals surface area contributed by atoms with Gasteiger partial charge in [-0.05, 0) is 22.6 Å². The van der Waals surface area contributed by atoms with E-state index in [9.17, 15) is 9.59 Å². The Hall–Kier alpha value is -2.74. The van der Waals surface area contributed by atoms with Crippen LogP contribution in [-0.4, -0.2) is 28.8 Å². The fourth-order valence-electron chi connectivity index (χ4n) is 3.52. The van der Waals surface area contributed by atoms with Gasteiger partial charge in [0.2, 0.25) is 0 Å². The van der Waals surface area contributed by atoms with Crippen LogP contribution < -0.4 is 15.6 Å². The lowest BCUT2D eigenvalue weighted by molar-refractivity contribution is 0.193. The number of pyridine rings is 1. The van der Waals surface area contributed by atoms with Crippen molar-refractivity contribution in [2.45, 2.75) is 11.9 Å². The van der Waals surface area contributed by atoms with Gasteiger partial charge >= 0.3 is 6.09 Å². The zero-order chi connectivity index (χ0) is 21.4. The van der Waals surface area contributed by atoms with Crippen LogP contribution in [0.25, 0.3) is 32.1 Å². The molecule has 0 aliphatic carbocycles. The molecule has 0 aliphatic rings. The van der Waals surface area contributed by atoms with Crippen molar-refractivity contribution in [1.29, 1.82) is 0 Å². The molecule has 0 fully saturated rings. The second-order valence-electron chi connectivity index (χ2n) is 6.62. The molecule has 30 heavy (non-hydrogen) atoms. The molecular weight excluding hydrogens is 447 g/mol. The molecule has 0 saturated heterocycles. The standard InChI is InChI=1S/C21H16Cl2N2O4S/c1-29-14-9-13(22)18-17(12-6-7-30-19(12)20(26)25-18)16(14)11-4-2-10(3-5-11)8-15(23)24-21(27)28/h2-7,9,15,24H,8H2,1H3,(H,25,26)(H,27,28). The molecule has 6 nitrogen and oxygen atoms in total. The van der Waals surface area contributed by atoms with E-state index in [-0.39, 0.29) is 5.56 Å². The molecule has 154 valence electrons. The van der Waals surface area contributed by atoms with Gasteiger partial charge in [0.25, 0.3) is 5.56 Å². The number of rotatable bonds is 5. The number of nitrogens with one attached hydrogen (secondary N) is 2. The minimum atomic E-state index is -1.17. The van der Waals surface area contributed by atoms with Crippen molar-refractivity contribution in [3.63, 3.8) is 0 Å². The minimum Gasteiger partial charge on any atom is -0.496 e. The number of thiophene rings is 1. The van der Waals surface area contributed by atoms with Crippen LogP contribution in [0.15, 0.2) is 46.6 Å². The highest BCUT2D eigenvalue weighted by molar-refractivity contribution is 7.17. The number of halogens is 2. The van der Waals surface area contributed by atoms with Crippen molar-refractivity contribution in [2.24, 2.45) is 0 Å². The lowest BCUT2D eigenvalue weighted by Gasteiger charge is -2.15. The summed E-state index contributed by atoms with van der Waals surface area (Å²) >= 11 is 13.8. The molecule has 2 heterocycles. The van der Waals surface area contributed by atoms with Gasteiger partial charge < -0.3 is 20.1 Å². The van der Waals surface area contributed by atoms with Gasteiger partial charge in [0.05, 0.1) is 17.6 Å². The predicted molar refractivity (Wildman–Crippen MR) is 121 cm³/mol. The third-order valence-electron chi connectivity index (χ3n) is 4.78. The van der Waals surface area contributed by atoms with Gasteiger partial charge in [-0.2, -0.15) is 0 Å². The first kappa shape index (κ1) is 20.5. The topological polar surface area (TPSA) is 91.4 Å². The minimum absolute atomic E-state index is 0.181. The fourth-order valence-corrected chi connectivity index (χ4v) is 4.83. The van der Waals surface area contributed by atoms with E-state index in [1.165, 1.54) is 11.3 Å². The van der Waals surface area contributed by atoms with Crippen LogP contribution in [0.4, 0.5) is 4.79 Å². The van der Waals surface area contributed by atoms with Crippen LogP contribution >= 0.6 is 34.5 Å². The number of H-pyrrole nitrogens is 1. The molecule has 0 spiro atoms. The third kappa shape index (κ3) is 3.71. The van der Waals surface area contributed by atoms with E-state index in [1.54, 1.807) is 13.2 Å². The maximum absolute atomic E-state index is 12.4. The molecule has 0 aliphatic heterocycles. The van der Waals surface area contributed by atoms with Crippen LogP contribution in [-0.2, 0) is 6.42 Å². The number of hydrogen-bond acceptors (Lipinski definition) is 4. The predicted octanol–water partition coefficient (Wildman–Crippen LogP) is 5.45. The first-order valence-electron chi connectivity index (χ1n) is 8.91. The first-order valence-corrected chi connectivity index (χ1v) is 10.6. The smallest absolute Gasteiger partial charge is 0.405 e. The summed E-state index contributed by atoms with van der Waals surface area (Å²) in [5.74, 6) is 0.586. The normalized spacial score (nSPS) is 12.2. The number of carboxylic acid groups (broad SMARTS) is 1. The van der Waals surface area contributed by atoms with Gasteiger partial charge in [-0.1, -0.05) is 47.5 Å². The van der Waals surface area contributed by atoms with Crippen LogP contribution in [0.3, 0.4) is 0 Å². The molecule has 0 bridgehead atoms. The van der Waals surface area contributed by atoms with E-state index >= 15 is 0 Å². The number of carbonyl (C=O) groups is 1. The van der Waals surface area contributed by atoms with Crippen LogP contribution in [0.5, 0.6) is 5.75 Å². The highest BCUT2D eigenvalue weighted by atomic mass is 35.5. The average molecular weight is 463 g/mol. The number of aromatic nitrogens is 1. The summed E-state index contributed by atoms with van der Waals surface area (Å²) in [7, 11) is 1.57. The number of aromatic amines is 1. The number of ether oxygens (including phenoxy) is 1. The Morgan fingerprint density at radius 1 is 1.30 bits per heavy atom. The summed E-state index contributed by atoms with van der Waals surface area (Å²) < 4.78 is 6.23. The zero-order valence-corrected chi connectivity index (χ0v) is 18.0. The Morgan fingerprint density at radius 2 is 2.03 bits per heavy atom. The third-order valence-corrected chi connectivity index (χ3v) is 6.25. The Bertz CT molecular complexity index is 1310. The van der Waals surface area contributed by atoms with E-state index in [4.69, 9.17) is 33.0 Å². The molecule has 3 N–H and O–H groups in total. The van der Waals surface area contributed by atoms with Crippen LogP contribution in [0.1, 0.15) is 5.56 Å². The number of amides is 1. The van der Waals surface area contributed by atoms with E-state index in [2.05, 4.69) is 10.3 Å². The van der Waals surface area contributed by atoms with Crippen molar-refractivity contribution in [1.82, 2.24) is 10.3 Å². The largest absolute Gasteiger partial charge is 0.496 e. The molecule has 4 rings (SSSR count). The van der Waals surface area contributed by atoms with Gasteiger partial charge in [0.1, 0.15) is 16.0 Å². The molecule has 1 amide bonds. The Morgan fingerprint density at radius 3 is 2.70 bits per heavy atom. The molecule has 2 aromatic heterocycles. The van der Waals surface area contributed by atoms with Gasteiger partial charge in [-0.15, -0.1) is 11.3 Å². The van der Waals surface area contributed by atoms with Crippen LogP contribution in [0.2, 0.25) is 5.02 Å². The van der Waals surface area contributed by atoms with Crippen molar-refractivity contribution < 1.29 is 14.6 Å². The van der Waals surface area contributed by atoms with Crippen LogP contribution in [0, 0.1) is 0 Å². The zero-order valence-electron chi connectivity index (χ0n) is 15.7. The summed E-state index contributed by atoms with van der Waals surface area (Å²) in [5, 5.41) is 14.9. The molecule has 0 radical (unpaired) electrons. The molecule has 1 unspecified atom stereocenters. The Kier molecular flexibility index (Phi) is 5.60. The Balaban J connectivity index is 1.88. The van der Waals surface area contributed by atoms with E-state index in [1.807, 2.05) is 35.7 Å². The average Bonchev–Trinajstić information content (AvgIpc) is 3.19. The molecule has 1 atom stereocenters. The molecule has 0 saturated carbocycles. The second kappa shape index (κ2) is 8.18. The van der Waals surface area contributed by atoms with Crippen molar-refractivity contribution in [2.75, 3.05) is 7.11 Å². The SMILES string of the molecule is COc1cc(Cl)c2[nH]c(=O)c3sccc3c2c1-c1ccc(CC(Cl)NC(=O)O)cc1. The van der Waals surface area contributed by atoms with E-state index in [0.29, 0.717) is 27.4 Å².